The van der Waals surface area contributed by atoms with Crippen LogP contribution < -0.4 is 5.32 Å². The Morgan fingerprint density at radius 2 is 1.91 bits per heavy atom. The average molecular weight is 575 g/mol. The Morgan fingerprint density at radius 3 is 2.68 bits per heavy atom. The zero-order valence-electron chi connectivity index (χ0n) is 19.9. The molecule has 0 aliphatic carbocycles. The largest absolute Gasteiger partial charge is 0.381 e. The monoisotopic (exact) mass is 575 g/mol. The molecule has 0 saturated carbocycles. The first-order valence-electron chi connectivity index (χ1n) is 11.5. The lowest BCUT2D eigenvalue weighted by molar-refractivity contribution is -0.0390. The summed E-state index contributed by atoms with van der Waals surface area (Å²) in [6.45, 7) is 3.55. The third kappa shape index (κ3) is 7.54. The molecule has 182 valence electrons. The zero-order chi connectivity index (χ0) is 22.9. The van der Waals surface area contributed by atoms with E-state index >= 15 is 0 Å². The van der Waals surface area contributed by atoms with Crippen LogP contribution in [-0.4, -0.2) is 54.2 Å². The second kappa shape index (κ2) is 13.5. The maximum Gasteiger partial charge on any atom is 0.194 e. The van der Waals surface area contributed by atoms with Crippen LogP contribution in [0.15, 0.2) is 65.8 Å². The van der Waals surface area contributed by atoms with Gasteiger partial charge in [0.2, 0.25) is 0 Å². The van der Waals surface area contributed by atoms with Crippen LogP contribution in [0.2, 0.25) is 0 Å². The Bertz CT molecular complexity index is 1030. The van der Waals surface area contributed by atoms with E-state index in [-0.39, 0.29) is 24.0 Å². The molecule has 1 saturated heterocycles. The van der Waals surface area contributed by atoms with E-state index in [1.807, 2.05) is 31.4 Å². The molecule has 0 spiro atoms. The highest BCUT2D eigenvalue weighted by Gasteiger charge is 2.14. The number of imidazole rings is 1. The van der Waals surface area contributed by atoms with Crippen molar-refractivity contribution in [2.45, 2.75) is 38.6 Å². The maximum atomic E-state index is 6.07. The molecule has 2 aromatic carbocycles. The Labute approximate surface area is 219 Å². The molecule has 1 aliphatic heterocycles. The SMILES string of the molecule is CN=C(NCc1cccc(COC2CCOCC2)c1)N(C)Cc1ncc(-c2ccccc2)[nH]1.I. The van der Waals surface area contributed by atoms with Crippen molar-refractivity contribution in [3.8, 4) is 11.3 Å². The van der Waals surface area contributed by atoms with Gasteiger partial charge in [0, 0.05) is 33.9 Å². The molecule has 0 bridgehead atoms. The lowest BCUT2D eigenvalue weighted by Gasteiger charge is -2.23. The molecule has 0 atom stereocenters. The number of halogens is 1. The molecule has 1 aromatic heterocycles. The number of guanidine groups is 1. The molecule has 2 N–H and O–H groups in total. The minimum atomic E-state index is 0. The van der Waals surface area contributed by atoms with Crippen molar-refractivity contribution < 1.29 is 9.47 Å². The summed E-state index contributed by atoms with van der Waals surface area (Å²) in [6.07, 6.45) is 4.14. The highest BCUT2D eigenvalue weighted by Crippen LogP contribution is 2.17. The van der Waals surface area contributed by atoms with E-state index in [0.717, 1.165) is 49.1 Å². The van der Waals surface area contributed by atoms with Gasteiger partial charge in [-0.15, -0.1) is 24.0 Å². The minimum Gasteiger partial charge on any atom is -0.381 e. The fraction of sp³-hybridized carbons (Fsp3) is 0.385. The first kappa shape index (κ1) is 26.2. The van der Waals surface area contributed by atoms with E-state index in [1.54, 1.807) is 7.05 Å². The molecule has 1 aliphatic rings. The van der Waals surface area contributed by atoms with Crippen molar-refractivity contribution in [2.75, 3.05) is 27.3 Å². The summed E-state index contributed by atoms with van der Waals surface area (Å²) in [5.74, 6) is 1.71. The van der Waals surface area contributed by atoms with Gasteiger partial charge in [0.25, 0.3) is 0 Å². The molecule has 0 radical (unpaired) electrons. The van der Waals surface area contributed by atoms with Gasteiger partial charge in [0.1, 0.15) is 5.82 Å². The summed E-state index contributed by atoms with van der Waals surface area (Å²) in [5.41, 5.74) is 4.53. The molecule has 0 amide bonds. The number of aromatic amines is 1. The molecule has 34 heavy (non-hydrogen) atoms. The predicted molar refractivity (Wildman–Crippen MR) is 146 cm³/mol. The standard InChI is InChI=1S/C26H33N5O2.HI/c1-27-26(31(2)18-25-28-17-24(30-25)22-9-4-3-5-10-22)29-16-20-7-6-8-21(15-20)19-33-23-11-13-32-14-12-23;/h3-10,15,17,23H,11-14,16,18-19H2,1-2H3,(H,27,29)(H,28,30);1H. The number of H-pyrrole nitrogens is 1. The molecule has 1 fully saturated rings. The van der Waals surface area contributed by atoms with Crippen molar-refractivity contribution in [2.24, 2.45) is 4.99 Å². The van der Waals surface area contributed by atoms with E-state index in [1.165, 1.54) is 11.1 Å². The van der Waals surface area contributed by atoms with Crippen LogP contribution in [0.25, 0.3) is 11.3 Å². The minimum absolute atomic E-state index is 0. The number of aliphatic imine (C=N–C) groups is 1. The molecular formula is C26H34IN5O2. The number of hydrogen-bond acceptors (Lipinski definition) is 4. The Balaban J connectivity index is 0.00000324. The van der Waals surface area contributed by atoms with E-state index in [2.05, 4.69) is 61.6 Å². The van der Waals surface area contributed by atoms with E-state index in [9.17, 15) is 0 Å². The van der Waals surface area contributed by atoms with E-state index in [0.29, 0.717) is 25.8 Å². The Hall–Kier alpha value is -2.43. The van der Waals surface area contributed by atoms with Crippen LogP contribution in [0.5, 0.6) is 0 Å². The number of rotatable bonds is 8. The summed E-state index contributed by atoms with van der Waals surface area (Å²) in [6, 6.07) is 18.7. The first-order valence-corrected chi connectivity index (χ1v) is 11.5. The summed E-state index contributed by atoms with van der Waals surface area (Å²) < 4.78 is 11.5. The summed E-state index contributed by atoms with van der Waals surface area (Å²) in [5, 5.41) is 3.45. The van der Waals surface area contributed by atoms with Gasteiger partial charge >= 0.3 is 0 Å². The first-order chi connectivity index (χ1) is 16.2. The van der Waals surface area contributed by atoms with Gasteiger partial charge in [0.05, 0.1) is 31.1 Å². The quantitative estimate of drug-likeness (QED) is 0.234. The highest BCUT2D eigenvalue weighted by atomic mass is 127. The fourth-order valence-electron chi connectivity index (χ4n) is 3.96. The number of nitrogens with zero attached hydrogens (tertiary/aromatic N) is 3. The lowest BCUT2D eigenvalue weighted by atomic mass is 10.1. The van der Waals surface area contributed by atoms with Crippen molar-refractivity contribution in [1.29, 1.82) is 0 Å². The Kier molecular flexibility index (Phi) is 10.4. The third-order valence-electron chi connectivity index (χ3n) is 5.77. The second-order valence-corrected chi connectivity index (χ2v) is 8.31. The highest BCUT2D eigenvalue weighted by molar-refractivity contribution is 14.0. The van der Waals surface area contributed by atoms with Gasteiger partial charge in [0.15, 0.2) is 5.96 Å². The number of nitrogens with one attached hydrogen (secondary N) is 2. The van der Waals surface area contributed by atoms with Crippen molar-refractivity contribution >= 4 is 29.9 Å². The number of benzene rings is 2. The zero-order valence-corrected chi connectivity index (χ0v) is 22.2. The van der Waals surface area contributed by atoms with Crippen LogP contribution >= 0.6 is 24.0 Å². The van der Waals surface area contributed by atoms with Crippen LogP contribution in [0.1, 0.15) is 29.8 Å². The second-order valence-electron chi connectivity index (χ2n) is 8.31. The van der Waals surface area contributed by atoms with Crippen LogP contribution in [0.3, 0.4) is 0 Å². The predicted octanol–water partition coefficient (Wildman–Crippen LogP) is 4.60. The van der Waals surface area contributed by atoms with E-state index in [4.69, 9.17) is 9.47 Å². The van der Waals surface area contributed by atoms with Gasteiger partial charge in [-0.25, -0.2) is 4.98 Å². The summed E-state index contributed by atoms with van der Waals surface area (Å²) in [4.78, 5) is 14.4. The van der Waals surface area contributed by atoms with E-state index < -0.39 is 0 Å². The smallest absolute Gasteiger partial charge is 0.194 e. The van der Waals surface area contributed by atoms with Crippen molar-refractivity contribution in [3.63, 3.8) is 0 Å². The average Bonchev–Trinajstić information content (AvgIpc) is 3.33. The van der Waals surface area contributed by atoms with Gasteiger partial charge in [-0.05, 0) is 29.5 Å². The van der Waals surface area contributed by atoms with Crippen LogP contribution in [0.4, 0.5) is 0 Å². The fourth-order valence-corrected chi connectivity index (χ4v) is 3.96. The number of hydrogen-bond donors (Lipinski definition) is 2. The van der Waals surface area contributed by atoms with Crippen LogP contribution in [0, 0.1) is 0 Å². The van der Waals surface area contributed by atoms with Crippen molar-refractivity contribution in [1.82, 2.24) is 20.2 Å². The molecule has 0 unspecified atom stereocenters. The maximum absolute atomic E-state index is 6.07. The third-order valence-corrected chi connectivity index (χ3v) is 5.77. The summed E-state index contributed by atoms with van der Waals surface area (Å²) >= 11 is 0. The number of ether oxygens (including phenoxy) is 2. The molecule has 8 heteroatoms. The molecular weight excluding hydrogens is 541 g/mol. The number of aromatic nitrogens is 2. The van der Waals surface area contributed by atoms with Gasteiger partial charge in [-0.1, -0.05) is 54.6 Å². The van der Waals surface area contributed by atoms with Gasteiger partial charge < -0.3 is 24.7 Å². The Morgan fingerprint density at radius 1 is 1.15 bits per heavy atom. The lowest BCUT2D eigenvalue weighted by Crippen LogP contribution is -2.38. The molecule has 2 heterocycles. The topological polar surface area (TPSA) is 74.8 Å². The summed E-state index contributed by atoms with van der Waals surface area (Å²) in [7, 11) is 3.81. The molecule has 3 aromatic rings. The van der Waals surface area contributed by atoms with Crippen LogP contribution in [-0.2, 0) is 29.2 Å². The van der Waals surface area contributed by atoms with Gasteiger partial charge in [-0.2, -0.15) is 0 Å². The molecule has 4 rings (SSSR count). The normalized spacial score (nSPS) is 14.5. The molecule has 7 nitrogen and oxygen atoms in total. The van der Waals surface area contributed by atoms with Crippen molar-refractivity contribution in [3.05, 3.63) is 77.7 Å². The van der Waals surface area contributed by atoms with Gasteiger partial charge in [-0.3, -0.25) is 4.99 Å².